The van der Waals surface area contributed by atoms with Crippen LogP contribution in [0.25, 0.3) is 0 Å². The van der Waals surface area contributed by atoms with E-state index < -0.39 is 0 Å². The smallest absolute Gasteiger partial charge is 0.246 e. The molecule has 1 amide bonds. The summed E-state index contributed by atoms with van der Waals surface area (Å²) in [7, 11) is 0. The molecule has 0 aliphatic rings. The monoisotopic (exact) mass is 335 g/mol. The largest absolute Gasteiger partial charge is 0.347 e. The first-order chi connectivity index (χ1) is 12.1. The second-order valence-corrected chi connectivity index (χ2v) is 5.94. The van der Waals surface area contributed by atoms with Crippen LogP contribution in [-0.4, -0.2) is 15.5 Å². The highest BCUT2D eigenvalue weighted by atomic mass is 16.1. The number of benzene rings is 1. The molecule has 0 radical (unpaired) electrons. The Morgan fingerprint density at radius 2 is 1.88 bits per heavy atom. The molecule has 0 saturated carbocycles. The van der Waals surface area contributed by atoms with E-state index in [4.69, 9.17) is 4.98 Å². The van der Waals surface area contributed by atoms with Gasteiger partial charge in [0, 0.05) is 25.0 Å². The Morgan fingerprint density at radius 3 is 2.48 bits per heavy atom. The van der Waals surface area contributed by atoms with Crippen LogP contribution in [0.2, 0.25) is 0 Å². The molecule has 2 aromatic rings. The molecule has 130 valence electrons. The fourth-order valence-electron chi connectivity index (χ4n) is 2.64. The molecular formula is C21H25N3O. The lowest BCUT2D eigenvalue weighted by atomic mass is 10.2. The van der Waals surface area contributed by atoms with E-state index in [2.05, 4.69) is 41.8 Å². The molecule has 4 heteroatoms. The molecule has 0 spiro atoms. The maximum atomic E-state index is 11.9. The number of carbonyl (C=O) groups excluding carboxylic acids is 1. The van der Waals surface area contributed by atoms with Gasteiger partial charge in [0.1, 0.15) is 5.82 Å². The molecule has 0 aliphatic heterocycles. The molecule has 0 fully saturated rings. The third-order valence-electron chi connectivity index (χ3n) is 3.89. The van der Waals surface area contributed by atoms with Crippen molar-refractivity contribution in [1.82, 2.24) is 14.9 Å². The molecule has 4 nitrogen and oxygen atoms in total. The second-order valence-electron chi connectivity index (χ2n) is 5.94. The van der Waals surface area contributed by atoms with Gasteiger partial charge in [-0.2, -0.15) is 0 Å². The van der Waals surface area contributed by atoms with Crippen LogP contribution in [0.15, 0.2) is 67.8 Å². The van der Waals surface area contributed by atoms with Gasteiger partial charge >= 0.3 is 0 Å². The van der Waals surface area contributed by atoms with Crippen LogP contribution >= 0.6 is 0 Å². The van der Waals surface area contributed by atoms with Crippen molar-refractivity contribution >= 4 is 5.91 Å². The number of imidazole rings is 1. The lowest BCUT2D eigenvalue weighted by molar-refractivity contribution is -0.117. The van der Waals surface area contributed by atoms with Crippen molar-refractivity contribution in [2.24, 2.45) is 0 Å². The predicted molar refractivity (Wildman–Crippen MR) is 102 cm³/mol. The zero-order valence-corrected chi connectivity index (χ0v) is 14.8. The minimum atomic E-state index is -0.151. The summed E-state index contributed by atoms with van der Waals surface area (Å²) < 4.78 is 2.16. The van der Waals surface area contributed by atoms with Crippen molar-refractivity contribution in [2.45, 2.75) is 32.9 Å². The number of allylic oxidation sites excluding steroid dienone is 2. The third kappa shape index (κ3) is 4.80. The molecule has 2 rings (SSSR count). The summed E-state index contributed by atoms with van der Waals surface area (Å²) in [5.74, 6) is 0.789. The van der Waals surface area contributed by atoms with Crippen molar-refractivity contribution in [1.29, 1.82) is 0 Å². The summed E-state index contributed by atoms with van der Waals surface area (Å²) in [5, 5.41) is 2.92. The predicted octanol–water partition coefficient (Wildman–Crippen LogP) is 3.58. The fourth-order valence-corrected chi connectivity index (χ4v) is 2.64. The molecule has 0 atom stereocenters. The molecular weight excluding hydrogens is 310 g/mol. The standard InChI is InChI=1S/C21H25N3O/c1-5-10-18-19(14-22-21(25)16(3)4)24(20(23-18)11-6-2)15-17-12-8-7-9-13-17/h5-9,12-13H,1-3,10-11,14-15H2,4H3,(H,22,25). The molecule has 1 N–H and O–H groups in total. The lowest BCUT2D eigenvalue weighted by Crippen LogP contribution is -2.25. The normalized spacial score (nSPS) is 10.3. The Kier molecular flexibility index (Phi) is 6.52. The van der Waals surface area contributed by atoms with Crippen molar-refractivity contribution in [3.63, 3.8) is 0 Å². The highest BCUT2D eigenvalue weighted by Crippen LogP contribution is 2.17. The van der Waals surface area contributed by atoms with Crippen LogP contribution in [0.4, 0.5) is 0 Å². The Morgan fingerprint density at radius 1 is 1.20 bits per heavy atom. The van der Waals surface area contributed by atoms with E-state index in [1.54, 1.807) is 6.92 Å². The Bertz CT molecular complexity index is 772. The second kappa shape index (κ2) is 8.83. The van der Waals surface area contributed by atoms with E-state index in [0.717, 1.165) is 17.2 Å². The van der Waals surface area contributed by atoms with Crippen LogP contribution in [0.1, 0.15) is 29.7 Å². The molecule has 0 bridgehead atoms. The minimum absolute atomic E-state index is 0.151. The number of hydrogen-bond donors (Lipinski definition) is 1. The maximum Gasteiger partial charge on any atom is 0.246 e. The first-order valence-electron chi connectivity index (χ1n) is 8.33. The topological polar surface area (TPSA) is 46.9 Å². The SMILES string of the molecule is C=CCc1nc(CC=C)n(Cc2ccccc2)c1CNC(=O)C(=C)C. The summed E-state index contributed by atoms with van der Waals surface area (Å²) in [6.07, 6.45) is 5.00. The van der Waals surface area contributed by atoms with E-state index in [0.29, 0.717) is 31.5 Å². The van der Waals surface area contributed by atoms with Crippen molar-refractivity contribution in [3.8, 4) is 0 Å². The molecule has 0 saturated heterocycles. The van der Waals surface area contributed by atoms with E-state index in [1.165, 1.54) is 5.56 Å². The van der Waals surface area contributed by atoms with E-state index in [-0.39, 0.29) is 5.91 Å². The van der Waals surface area contributed by atoms with Gasteiger partial charge < -0.3 is 9.88 Å². The zero-order chi connectivity index (χ0) is 18.2. The Balaban J connectivity index is 2.40. The molecule has 0 unspecified atom stereocenters. The molecule has 1 aromatic carbocycles. The van der Waals surface area contributed by atoms with Gasteiger partial charge in [-0.25, -0.2) is 4.98 Å². The average molecular weight is 335 g/mol. The first-order valence-corrected chi connectivity index (χ1v) is 8.33. The van der Waals surface area contributed by atoms with Gasteiger partial charge in [-0.3, -0.25) is 4.79 Å². The Labute approximate surface area is 149 Å². The van der Waals surface area contributed by atoms with Gasteiger partial charge in [-0.05, 0) is 12.5 Å². The molecule has 25 heavy (non-hydrogen) atoms. The van der Waals surface area contributed by atoms with Gasteiger partial charge in [0.2, 0.25) is 5.91 Å². The molecule has 1 aromatic heterocycles. The van der Waals surface area contributed by atoms with Gasteiger partial charge in [0.15, 0.2) is 0 Å². The summed E-state index contributed by atoms with van der Waals surface area (Å²) >= 11 is 0. The van der Waals surface area contributed by atoms with Gasteiger partial charge in [-0.1, -0.05) is 49.1 Å². The van der Waals surface area contributed by atoms with Crippen molar-refractivity contribution in [2.75, 3.05) is 0 Å². The number of aromatic nitrogens is 2. The Hall–Kier alpha value is -2.88. The minimum Gasteiger partial charge on any atom is -0.347 e. The lowest BCUT2D eigenvalue weighted by Gasteiger charge is -2.13. The van der Waals surface area contributed by atoms with Gasteiger partial charge in [-0.15, -0.1) is 13.2 Å². The highest BCUT2D eigenvalue weighted by molar-refractivity contribution is 5.91. The summed E-state index contributed by atoms with van der Waals surface area (Å²) in [6.45, 7) is 14.1. The average Bonchev–Trinajstić information content (AvgIpc) is 2.91. The van der Waals surface area contributed by atoms with E-state index >= 15 is 0 Å². The summed E-state index contributed by atoms with van der Waals surface area (Å²) in [6, 6.07) is 10.2. The number of carbonyl (C=O) groups is 1. The van der Waals surface area contributed by atoms with E-state index in [1.807, 2.05) is 30.4 Å². The van der Waals surface area contributed by atoms with Gasteiger partial charge in [0.05, 0.1) is 17.9 Å². The number of rotatable bonds is 9. The molecule has 0 aliphatic carbocycles. The maximum absolute atomic E-state index is 11.9. The number of amides is 1. The van der Waals surface area contributed by atoms with Crippen molar-refractivity contribution < 1.29 is 4.79 Å². The highest BCUT2D eigenvalue weighted by Gasteiger charge is 2.16. The fraction of sp³-hybridized carbons (Fsp3) is 0.238. The number of nitrogens with one attached hydrogen (secondary N) is 1. The van der Waals surface area contributed by atoms with Crippen molar-refractivity contribution in [3.05, 3.63) is 90.6 Å². The van der Waals surface area contributed by atoms with Gasteiger partial charge in [0.25, 0.3) is 0 Å². The molecule has 1 heterocycles. The van der Waals surface area contributed by atoms with E-state index in [9.17, 15) is 4.79 Å². The first kappa shape index (κ1) is 18.5. The quantitative estimate of drug-likeness (QED) is 0.562. The van der Waals surface area contributed by atoms with Crippen LogP contribution in [0.3, 0.4) is 0 Å². The third-order valence-corrected chi connectivity index (χ3v) is 3.89. The summed E-state index contributed by atoms with van der Waals surface area (Å²) in [5.41, 5.74) is 3.61. The van der Waals surface area contributed by atoms with Crippen LogP contribution in [-0.2, 0) is 30.7 Å². The zero-order valence-electron chi connectivity index (χ0n) is 14.8. The number of hydrogen-bond acceptors (Lipinski definition) is 2. The van der Waals surface area contributed by atoms with Crippen LogP contribution in [0.5, 0.6) is 0 Å². The summed E-state index contributed by atoms with van der Waals surface area (Å²) in [4.78, 5) is 16.7. The number of nitrogens with zero attached hydrogens (tertiary/aromatic N) is 2. The van der Waals surface area contributed by atoms with Crippen LogP contribution < -0.4 is 5.32 Å². The van der Waals surface area contributed by atoms with Crippen LogP contribution in [0, 0.1) is 0 Å².